The molecule has 29 heavy (non-hydrogen) atoms. The van der Waals surface area contributed by atoms with Gasteiger partial charge in [0.05, 0.1) is 6.61 Å². The summed E-state index contributed by atoms with van der Waals surface area (Å²) in [6, 6.07) is 0. The average molecular weight is 412 g/mol. The first-order chi connectivity index (χ1) is 14.3. The molecule has 0 radical (unpaired) electrons. The van der Waals surface area contributed by atoms with E-state index < -0.39 is 0 Å². The van der Waals surface area contributed by atoms with Gasteiger partial charge in [0.25, 0.3) is 0 Å². The lowest BCUT2D eigenvalue weighted by Gasteiger charge is -2.22. The van der Waals surface area contributed by atoms with E-state index in [1.807, 2.05) is 7.11 Å². The summed E-state index contributed by atoms with van der Waals surface area (Å²) < 4.78 is 5.33. The molecule has 0 heterocycles. The summed E-state index contributed by atoms with van der Waals surface area (Å²) in [6.45, 7) is 9.15. The molecule has 0 aromatic carbocycles. The molecule has 0 aromatic heterocycles. The van der Waals surface area contributed by atoms with E-state index in [-0.39, 0.29) is 0 Å². The van der Waals surface area contributed by atoms with Crippen LogP contribution in [0.25, 0.3) is 0 Å². The molecule has 0 saturated carbocycles. The van der Waals surface area contributed by atoms with Crippen LogP contribution in [-0.4, -0.2) is 38.3 Å². The Hall–Kier alpha value is -0.0800. The van der Waals surface area contributed by atoms with Crippen molar-refractivity contribution in [3.63, 3.8) is 0 Å². The molecule has 0 bridgehead atoms. The van der Waals surface area contributed by atoms with Gasteiger partial charge in [0.15, 0.2) is 0 Å². The zero-order valence-electron chi connectivity index (χ0n) is 20.8. The van der Waals surface area contributed by atoms with Crippen LogP contribution < -0.4 is 0 Å². The zero-order chi connectivity index (χ0) is 21.3. The third-order valence-electron chi connectivity index (χ3n) is 6.27. The lowest BCUT2D eigenvalue weighted by molar-refractivity contribution is 0.145. The molecule has 0 amide bonds. The molecule has 0 aliphatic heterocycles. The molecule has 0 aliphatic rings. The third-order valence-corrected chi connectivity index (χ3v) is 6.27. The zero-order valence-corrected chi connectivity index (χ0v) is 20.8. The number of nitrogens with zero attached hydrogens (tertiary/aromatic N) is 1. The van der Waals surface area contributed by atoms with Gasteiger partial charge in [0, 0.05) is 13.7 Å². The molecule has 0 N–H and O–H groups in total. The van der Waals surface area contributed by atoms with Crippen molar-refractivity contribution in [2.75, 3.05) is 33.4 Å². The van der Waals surface area contributed by atoms with E-state index in [4.69, 9.17) is 4.74 Å². The topological polar surface area (TPSA) is 12.5 Å². The Bertz CT molecular complexity index is 258. The molecule has 0 saturated heterocycles. The van der Waals surface area contributed by atoms with Gasteiger partial charge in [0.2, 0.25) is 0 Å². The van der Waals surface area contributed by atoms with Crippen LogP contribution in [0.5, 0.6) is 0 Å². The Labute approximate surface area is 185 Å². The van der Waals surface area contributed by atoms with Crippen LogP contribution in [0.15, 0.2) is 0 Å². The first-order valence-electron chi connectivity index (χ1n) is 13.6. The van der Waals surface area contributed by atoms with E-state index in [1.165, 1.54) is 142 Å². The Kier molecular flexibility index (Phi) is 25.9. The van der Waals surface area contributed by atoms with E-state index in [9.17, 15) is 0 Å². The van der Waals surface area contributed by atoms with Crippen LogP contribution in [0.2, 0.25) is 0 Å². The molecule has 0 aromatic rings. The largest absolute Gasteiger partial charge is 0.383 e. The summed E-state index contributed by atoms with van der Waals surface area (Å²) in [5, 5.41) is 0. The summed E-state index contributed by atoms with van der Waals surface area (Å²) in [5.74, 6) is 0. The molecular formula is C27H57NO. The molecular weight excluding hydrogens is 354 g/mol. The molecule has 0 aliphatic carbocycles. The van der Waals surface area contributed by atoms with Crippen LogP contribution in [0, 0.1) is 0 Å². The summed E-state index contributed by atoms with van der Waals surface area (Å²) in [7, 11) is 1.83. The second kappa shape index (κ2) is 26.0. The third kappa shape index (κ3) is 24.1. The first-order valence-corrected chi connectivity index (χ1v) is 13.6. The number of hydrogen-bond acceptors (Lipinski definition) is 2. The van der Waals surface area contributed by atoms with Crippen molar-refractivity contribution in [1.29, 1.82) is 0 Å². The molecule has 2 nitrogen and oxygen atoms in total. The van der Waals surface area contributed by atoms with Crippen LogP contribution >= 0.6 is 0 Å². The van der Waals surface area contributed by atoms with Gasteiger partial charge >= 0.3 is 0 Å². The van der Waals surface area contributed by atoms with Gasteiger partial charge in [-0.05, 0) is 25.9 Å². The van der Waals surface area contributed by atoms with Crippen molar-refractivity contribution in [3.8, 4) is 0 Å². The number of ether oxygens (including phenoxy) is 1. The molecule has 0 spiro atoms. The number of rotatable bonds is 25. The maximum Gasteiger partial charge on any atom is 0.0589 e. The first kappa shape index (κ1) is 28.9. The fraction of sp³-hybridized carbons (Fsp3) is 1.00. The van der Waals surface area contributed by atoms with Gasteiger partial charge in [-0.25, -0.2) is 0 Å². The lowest BCUT2D eigenvalue weighted by Crippen LogP contribution is -2.29. The SMILES string of the molecule is CCCCCCCCCCCCN(CCCCCCCCCCCC)CCOC. The number of methoxy groups -OCH3 is 1. The van der Waals surface area contributed by atoms with Crippen molar-refractivity contribution < 1.29 is 4.74 Å². The van der Waals surface area contributed by atoms with Gasteiger partial charge in [-0.2, -0.15) is 0 Å². The standard InChI is InChI=1S/C27H57NO/c1-4-6-8-10-12-14-16-18-20-22-24-28(26-27-29-3)25-23-21-19-17-15-13-11-9-7-5-2/h4-27H2,1-3H3. The quantitative estimate of drug-likeness (QED) is 0.139. The molecule has 0 unspecified atom stereocenters. The van der Waals surface area contributed by atoms with E-state index in [0.717, 1.165) is 13.2 Å². The summed E-state index contributed by atoms with van der Waals surface area (Å²) in [5.41, 5.74) is 0. The highest BCUT2D eigenvalue weighted by Crippen LogP contribution is 2.12. The second-order valence-electron chi connectivity index (χ2n) is 9.20. The van der Waals surface area contributed by atoms with Crippen LogP contribution in [0.1, 0.15) is 142 Å². The minimum atomic E-state index is 0.884. The molecule has 0 atom stereocenters. The van der Waals surface area contributed by atoms with E-state index in [1.54, 1.807) is 0 Å². The highest BCUT2D eigenvalue weighted by molar-refractivity contribution is 4.59. The van der Waals surface area contributed by atoms with Crippen LogP contribution in [-0.2, 0) is 4.74 Å². The van der Waals surface area contributed by atoms with E-state index >= 15 is 0 Å². The van der Waals surface area contributed by atoms with Crippen molar-refractivity contribution >= 4 is 0 Å². The van der Waals surface area contributed by atoms with Crippen LogP contribution in [0.4, 0.5) is 0 Å². The predicted molar refractivity (Wildman–Crippen MR) is 132 cm³/mol. The van der Waals surface area contributed by atoms with Gasteiger partial charge in [-0.15, -0.1) is 0 Å². The lowest BCUT2D eigenvalue weighted by atomic mass is 10.1. The van der Waals surface area contributed by atoms with E-state index in [2.05, 4.69) is 18.7 Å². The fourth-order valence-corrected chi connectivity index (χ4v) is 4.20. The fourth-order valence-electron chi connectivity index (χ4n) is 4.20. The van der Waals surface area contributed by atoms with Crippen LogP contribution in [0.3, 0.4) is 0 Å². The van der Waals surface area contributed by atoms with Gasteiger partial charge in [-0.1, -0.05) is 129 Å². The Morgan fingerprint density at radius 1 is 0.414 bits per heavy atom. The van der Waals surface area contributed by atoms with Gasteiger partial charge in [0.1, 0.15) is 0 Å². The number of unbranched alkanes of at least 4 members (excludes halogenated alkanes) is 18. The van der Waals surface area contributed by atoms with Crippen molar-refractivity contribution in [2.24, 2.45) is 0 Å². The monoisotopic (exact) mass is 411 g/mol. The molecule has 0 fully saturated rings. The van der Waals surface area contributed by atoms with Crippen molar-refractivity contribution in [1.82, 2.24) is 4.90 Å². The highest BCUT2D eigenvalue weighted by atomic mass is 16.5. The highest BCUT2D eigenvalue weighted by Gasteiger charge is 2.04. The number of hydrogen-bond donors (Lipinski definition) is 0. The summed E-state index contributed by atoms with van der Waals surface area (Å²) >= 11 is 0. The Morgan fingerprint density at radius 2 is 0.724 bits per heavy atom. The van der Waals surface area contributed by atoms with Crippen molar-refractivity contribution in [3.05, 3.63) is 0 Å². The minimum absolute atomic E-state index is 0.884. The Balaban J connectivity index is 3.52. The van der Waals surface area contributed by atoms with Crippen molar-refractivity contribution in [2.45, 2.75) is 142 Å². The normalized spacial score (nSPS) is 11.6. The summed E-state index contributed by atoms with van der Waals surface area (Å²) in [4.78, 5) is 2.65. The maximum absolute atomic E-state index is 5.33. The predicted octanol–water partition coefficient (Wildman–Crippen LogP) is 8.78. The van der Waals surface area contributed by atoms with Gasteiger partial charge in [-0.3, -0.25) is 0 Å². The molecule has 2 heteroatoms. The molecule has 0 rings (SSSR count). The Morgan fingerprint density at radius 3 is 1.03 bits per heavy atom. The average Bonchev–Trinajstić information content (AvgIpc) is 2.74. The smallest absolute Gasteiger partial charge is 0.0589 e. The van der Waals surface area contributed by atoms with Gasteiger partial charge < -0.3 is 9.64 Å². The summed E-state index contributed by atoms with van der Waals surface area (Å²) in [6.07, 6.45) is 28.5. The second-order valence-corrected chi connectivity index (χ2v) is 9.20. The van der Waals surface area contributed by atoms with E-state index in [0.29, 0.717) is 0 Å². The maximum atomic E-state index is 5.33. The minimum Gasteiger partial charge on any atom is -0.383 e. The molecule has 176 valence electrons.